The van der Waals surface area contributed by atoms with Crippen molar-refractivity contribution in [1.82, 2.24) is 10.3 Å². The number of benzene rings is 1. The summed E-state index contributed by atoms with van der Waals surface area (Å²) in [6, 6.07) is 3.81. The summed E-state index contributed by atoms with van der Waals surface area (Å²) in [6.45, 7) is 1.57. The number of carboxylic acids is 1. The fourth-order valence-electron chi connectivity index (χ4n) is 2.29. The normalized spacial score (nSPS) is 18.9. The molecule has 110 valence electrons. The zero-order chi connectivity index (χ0) is 15.0. The van der Waals surface area contributed by atoms with Gasteiger partial charge in [-0.3, -0.25) is 10.1 Å². The van der Waals surface area contributed by atoms with Crippen molar-refractivity contribution >= 4 is 38.3 Å². The van der Waals surface area contributed by atoms with E-state index in [1.807, 2.05) is 0 Å². The van der Waals surface area contributed by atoms with Gasteiger partial charge in [0.2, 0.25) is 0 Å². The second-order valence-corrected chi connectivity index (χ2v) is 5.67. The Balaban J connectivity index is 1.99. The molecule has 0 radical (unpaired) electrons. The van der Waals surface area contributed by atoms with E-state index in [4.69, 9.17) is 0 Å². The third-order valence-electron chi connectivity index (χ3n) is 3.34. The third kappa shape index (κ3) is 2.52. The molecule has 0 unspecified atom stereocenters. The Hall–Kier alpha value is -2.26. The second kappa shape index (κ2) is 5.26. The number of carboxylic acid groups (broad SMARTS) is 1. The molecule has 1 aliphatic heterocycles. The molecule has 9 heteroatoms. The highest BCUT2D eigenvalue weighted by molar-refractivity contribution is 7.22. The molecule has 1 fully saturated rings. The van der Waals surface area contributed by atoms with E-state index in [0.29, 0.717) is 30.3 Å². The zero-order valence-electron chi connectivity index (χ0n) is 10.9. The topological polar surface area (TPSA) is 109 Å². The largest absolute Gasteiger partial charge is 0.480 e. The number of hydrogen-bond acceptors (Lipinski definition) is 7. The van der Waals surface area contributed by atoms with E-state index in [0.717, 1.165) is 4.70 Å². The molecule has 2 aromatic rings. The monoisotopic (exact) mass is 308 g/mol. The molecule has 8 nitrogen and oxygen atoms in total. The highest BCUT2D eigenvalue weighted by Crippen LogP contribution is 2.32. The van der Waals surface area contributed by atoms with Crippen LogP contribution in [0.5, 0.6) is 0 Å². The second-order valence-electron chi connectivity index (χ2n) is 4.66. The molecule has 1 aliphatic rings. The molecule has 0 amide bonds. The van der Waals surface area contributed by atoms with Gasteiger partial charge in [-0.1, -0.05) is 11.3 Å². The Morgan fingerprint density at radius 3 is 3.10 bits per heavy atom. The summed E-state index contributed by atoms with van der Waals surface area (Å²) in [5.74, 6) is -0.910. The molecule has 2 N–H and O–H groups in total. The fourth-order valence-corrected chi connectivity index (χ4v) is 3.32. The number of nitro groups is 1. The quantitative estimate of drug-likeness (QED) is 0.644. The van der Waals surface area contributed by atoms with Crippen molar-refractivity contribution in [2.75, 3.05) is 24.5 Å². The Labute approximate surface area is 123 Å². The van der Waals surface area contributed by atoms with Crippen LogP contribution in [0, 0.1) is 10.1 Å². The van der Waals surface area contributed by atoms with Gasteiger partial charge in [-0.25, -0.2) is 9.78 Å². The first kappa shape index (κ1) is 13.7. The van der Waals surface area contributed by atoms with E-state index >= 15 is 0 Å². The average Bonchev–Trinajstić information content (AvgIpc) is 2.89. The number of nitro benzene ring substituents is 1. The van der Waals surface area contributed by atoms with Gasteiger partial charge in [-0.2, -0.15) is 0 Å². The maximum Gasteiger partial charge on any atom is 0.327 e. The van der Waals surface area contributed by atoms with Crippen LogP contribution in [0.1, 0.15) is 0 Å². The first-order valence-corrected chi connectivity index (χ1v) is 7.13. The van der Waals surface area contributed by atoms with E-state index in [1.165, 1.54) is 23.5 Å². The molecule has 1 saturated heterocycles. The van der Waals surface area contributed by atoms with Gasteiger partial charge >= 0.3 is 5.97 Å². The Morgan fingerprint density at radius 2 is 2.38 bits per heavy atom. The first-order chi connectivity index (χ1) is 10.1. The van der Waals surface area contributed by atoms with E-state index < -0.39 is 16.9 Å². The maximum atomic E-state index is 11.3. The number of nitrogens with one attached hydrogen (secondary N) is 1. The van der Waals surface area contributed by atoms with Crippen LogP contribution in [-0.4, -0.2) is 46.7 Å². The molecule has 3 rings (SSSR count). The van der Waals surface area contributed by atoms with Crippen molar-refractivity contribution in [2.45, 2.75) is 6.04 Å². The van der Waals surface area contributed by atoms with Crippen LogP contribution in [0.25, 0.3) is 10.2 Å². The summed E-state index contributed by atoms with van der Waals surface area (Å²) in [6.07, 6.45) is 0. The van der Waals surface area contributed by atoms with E-state index in [1.54, 1.807) is 11.0 Å². The smallest absolute Gasteiger partial charge is 0.327 e. The molecule has 21 heavy (non-hydrogen) atoms. The van der Waals surface area contributed by atoms with Crippen LogP contribution < -0.4 is 10.2 Å². The number of non-ortho nitro benzene ring substituents is 1. The summed E-state index contributed by atoms with van der Waals surface area (Å²) >= 11 is 1.35. The summed E-state index contributed by atoms with van der Waals surface area (Å²) < 4.78 is 0.804. The van der Waals surface area contributed by atoms with E-state index in [-0.39, 0.29) is 5.69 Å². The Bertz CT molecular complexity index is 716. The molecule has 1 atom stereocenters. The van der Waals surface area contributed by atoms with Crippen LogP contribution in [0.4, 0.5) is 10.8 Å². The number of aliphatic carboxylic acids is 1. The number of fused-ring (bicyclic) bond motifs is 1. The van der Waals surface area contributed by atoms with Crippen molar-refractivity contribution in [1.29, 1.82) is 0 Å². The Morgan fingerprint density at radius 1 is 1.57 bits per heavy atom. The minimum atomic E-state index is -0.910. The highest BCUT2D eigenvalue weighted by atomic mass is 32.1. The number of hydrogen-bond donors (Lipinski definition) is 2. The summed E-state index contributed by atoms with van der Waals surface area (Å²) in [4.78, 5) is 27.7. The number of rotatable bonds is 3. The predicted molar refractivity (Wildman–Crippen MR) is 77.9 cm³/mol. The van der Waals surface area contributed by atoms with Gasteiger partial charge in [0.25, 0.3) is 5.69 Å². The number of thiazole rings is 1. The fraction of sp³-hybridized carbons (Fsp3) is 0.333. The molecular weight excluding hydrogens is 296 g/mol. The Kier molecular flexibility index (Phi) is 3.43. The highest BCUT2D eigenvalue weighted by Gasteiger charge is 2.30. The number of nitrogens with zero attached hydrogens (tertiary/aromatic N) is 3. The lowest BCUT2D eigenvalue weighted by atomic mass is 10.2. The van der Waals surface area contributed by atoms with Gasteiger partial charge in [-0.05, 0) is 6.07 Å². The van der Waals surface area contributed by atoms with Gasteiger partial charge in [0, 0.05) is 31.8 Å². The lowest BCUT2D eigenvalue weighted by Gasteiger charge is -2.33. The van der Waals surface area contributed by atoms with Crippen LogP contribution in [0.3, 0.4) is 0 Å². The van der Waals surface area contributed by atoms with E-state index in [2.05, 4.69) is 10.3 Å². The molecule has 1 aromatic heterocycles. The van der Waals surface area contributed by atoms with Crippen LogP contribution in [0.2, 0.25) is 0 Å². The molecule has 0 bridgehead atoms. The first-order valence-electron chi connectivity index (χ1n) is 6.31. The van der Waals surface area contributed by atoms with Crippen molar-refractivity contribution in [2.24, 2.45) is 0 Å². The third-order valence-corrected chi connectivity index (χ3v) is 4.42. The molecule has 2 heterocycles. The van der Waals surface area contributed by atoms with Gasteiger partial charge in [0.15, 0.2) is 5.13 Å². The lowest BCUT2D eigenvalue weighted by Crippen LogP contribution is -2.55. The van der Waals surface area contributed by atoms with Crippen molar-refractivity contribution < 1.29 is 14.8 Å². The number of aromatic nitrogens is 1. The molecule has 0 saturated carbocycles. The van der Waals surface area contributed by atoms with Crippen molar-refractivity contribution in [3.63, 3.8) is 0 Å². The average molecular weight is 308 g/mol. The van der Waals surface area contributed by atoms with Crippen molar-refractivity contribution in [3.8, 4) is 0 Å². The molecule has 1 aromatic carbocycles. The van der Waals surface area contributed by atoms with Crippen LogP contribution in [0.15, 0.2) is 18.2 Å². The number of piperazine rings is 1. The van der Waals surface area contributed by atoms with Gasteiger partial charge in [-0.15, -0.1) is 0 Å². The lowest BCUT2D eigenvalue weighted by molar-refractivity contribution is -0.384. The summed E-state index contributed by atoms with van der Waals surface area (Å²) in [5.41, 5.74) is 0.501. The summed E-state index contributed by atoms with van der Waals surface area (Å²) in [7, 11) is 0. The maximum absolute atomic E-state index is 11.3. The number of anilines is 1. The standard InChI is InChI=1S/C12H12N4O4S/c17-11(18)9-6-13-3-4-15(9)12-14-8-5-7(16(19)20)1-2-10(8)21-12/h1-2,5,9,13H,3-4,6H2,(H,17,18)/t9-/m0/s1. The zero-order valence-corrected chi connectivity index (χ0v) is 11.7. The number of carbonyl (C=O) groups is 1. The summed E-state index contributed by atoms with van der Waals surface area (Å²) in [5, 5.41) is 23.7. The molecule has 0 spiro atoms. The van der Waals surface area contributed by atoms with E-state index in [9.17, 15) is 20.0 Å². The SMILES string of the molecule is O=C(O)[C@@H]1CNCCN1c1nc2cc([N+](=O)[O-])ccc2s1. The van der Waals surface area contributed by atoms with Gasteiger partial charge in [0.05, 0.1) is 15.1 Å². The van der Waals surface area contributed by atoms with Gasteiger partial charge in [0.1, 0.15) is 6.04 Å². The van der Waals surface area contributed by atoms with Crippen LogP contribution in [-0.2, 0) is 4.79 Å². The van der Waals surface area contributed by atoms with Gasteiger partial charge < -0.3 is 15.3 Å². The predicted octanol–water partition coefficient (Wildman–Crippen LogP) is 1.07. The van der Waals surface area contributed by atoms with Crippen LogP contribution >= 0.6 is 11.3 Å². The minimum absolute atomic E-state index is 0.0190. The molecule has 0 aliphatic carbocycles. The molecular formula is C12H12N4O4S. The minimum Gasteiger partial charge on any atom is -0.480 e. The van der Waals surface area contributed by atoms with Crippen molar-refractivity contribution in [3.05, 3.63) is 28.3 Å².